The lowest BCUT2D eigenvalue weighted by molar-refractivity contribution is -0.138. The number of ether oxygens (including phenoxy) is 1. The Kier molecular flexibility index (Phi) is 3.73. The van der Waals surface area contributed by atoms with Crippen molar-refractivity contribution in [1.82, 2.24) is 0 Å². The van der Waals surface area contributed by atoms with Crippen LogP contribution in [-0.2, 0) is 16.0 Å². The number of hydrogen-bond acceptors (Lipinski definition) is 3. The highest BCUT2D eigenvalue weighted by atomic mass is 16.5. The number of carbonyl (C=O) groups excluding carboxylic acids is 1. The molecule has 0 unspecified atom stereocenters. The molecule has 0 fully saturated rings. The summed E-state index contributed by atoms with van der Waals surface area (Å²) in [6.45, 7) is 3.62. The molecule has 0 aliphatic carbocycles. The van der Waals surface area contributed by atoms with Gasteiger partial charge in [0.25, 0.3) is 0 Å². The third-order valence-corrected chi connectivity index (χ3v) is 1.73. The predicted octanol–water partition coefficient (Wildman–Crippen LogP) is 1.24. The topological polar surface area (TPSA) is 52.3 Å². The van der Waals surface area contributed by atoms with Crippen molar-refractivity contribution >= 4 is 5.97 Å². The maximum Gasteiger partial charge on any atom is 0.353 e. The van der Waals surface area contributed by atoms with E-state index < -0.39 is 5.97 Å². The van der Waals surface area contributed by atoms with Crippen molar-refractivity contribution in [2.45, 2.75) is 6.42 Å². The van der Waals surface area contributed by atoms with Crippen molar-refractivity contribution in [1.29, 1.82) is 0 Å². The molecule has 0 saturated carbocycles. The Balaban J connectivity index is 2.29. The van der Waals surface area contributed by atoms with Crippen molar-refractivity contribution in [2.75, 3.05) is 6.61 Å². The molecule has 0 bridgehead atoms. The van der Waals surface area contributed by atoms with Gasteiger partial charge in [-0.05, 0) is 5.56 Å². The molecular weight excluding hydrogens is 178 g/mol. The zero-order valence-electron chi connectivity index (χ0n) is 7.90. The van der Waals surface area contributed by atoms with Crippen LogP contribution in [0.5, 0.6) is 0 Å². The van der Waals surface area contributed by atoms with E-state index in [9.17, 15) is 4.79 Å². The van der Waals surface area contributed by atoms with E-state index in [-0.39, 0.29) is 5.70 Å². The first-order valence-electron chi connectivity index (χ1n) is 4.35. The average Bonchev–Trinajstić information content (AvgIpc) is 2.19. The second-order valence-corrected chi connectivity index (χ2v) is 2.90. The molecule has 0 aliphatic heterocycles. The summed E-state index contributed by atoms with van der Waals surface area (Å²) in [5.41, 5.74) is 6.22. The zero-order chi connectivity index (χ0) is 10.4. The van der Waals surface area contributed by atoms with E-state index >= 15 is 0 Å². The summed E-state index contributed by atoms with van der Waals surface area (Å²) in [5.74, 6) is -0.541. The van der Waals surface area contributed by atoms with E-state index in [1.165, 1.54) is 0 Å². The molecule has 3 nitrogen and oxygen atoms in total. The van der Waals surface area contributed by atoms with Crippen molar-refractivity contribution < 1.29 is 9.53 Å². The van der Waals surface area contributed by atoms with E-state index in [0.717, 1.165) is 5.56 Å². The first-order valence-corrected chi connectivity index (χ1v) is 4.35. The molecule has 2 N–H and O–H groups in total. The number of rotatable bonds is 4. The van der Waals surface area contributed by atoms with Gasteiger partial charge in [-0.25, -0.2) is 4.79 Å². The Morgan fingerprint density at radius 2 is 2.00 bits per heavy atom. The molecule has 0 aromatic heterocycles. The summed E-state index contributed by atoms with van der Waals surface area (Å²) in [4.78, 5) is 10.9. The van der Waals surface area contributed by atoms with E-state index in [1.54, 1.807) is 0 Å². The Hall–Kier alpha value is -1.77. The number of hydrogen-bond donors (Lipinski definition) is 1. The molecule has 3 heteroatoms. The molecular formula is C11H13NO2. The Morgan fingerprint density at radius 3 is 2.57 bits per heavy atom. The largest absolute Gasteiger partial charge is 0.461 e. The van der Waals surface area contributed by atoms with Gasteiger partial charge in [0.05, 0.1) is 6.61 Å². The number of nitrogens with two attached hydrogens (primary N) is 1. The molecule has 0 saturated heterocycles. The summed E-state index contributed by atoms with van der Waals surface area (Å²) >= 11 is 0. The second-order valence-electron chi connectivity index (χ2n) is 2.90. The summed E-state index contributed by atoms with van der Waals surface area (Å²) in [6.07, 6.45) is 0.694. The van der Waals surface area contributed by atoms with E-state index in [0.29, 0.717) is 13.0 Å². The maximum absolute atomic E-state index is 10.9. The van der Waals surface area contributed by atoms with Gasteiger partial charge in [-0.15, -0.1) is 0 Å². The van der Waals surface area contributed by atoms with Crippen LogP contribution >= 0.6 is 0 Å². The van der Waals surface area contributed by atoms with Gasteiger partial charge in [-0.2, -0.15) is 0 Å². The van der Waals surface area contributed by atoms with Crippen LogP contribution in [0, 0.1) is 0 Å². The number of benzene rings is 1. The second kappa shape index (κ2) is 5.07. The molecule has 0 heterocycles. The lowest BCUT2D eigenvalue weighted by Gasteiger charge is -2.03. The molecule has 0 atom stereocenters. The Labute approximate surface area is 83.2 Å². The van der Waals surface area contributed by atoms with Gasteiger partial charge >= 0.3 is 5.97 Å². The minimum Gasteiger partial charge on any atom is -0.461 e. The molecule has 0 radical (unpaired) electrons. The predicted molar refractivity (Wildman–Crippen MR) is 54.4 cm³/mol. The van der Waals surface area contributed by atoms with E-state index in [2.05, 4.69) is 6.58 Å². The molecule has 0 amide bonds. The fourth-order valence-corrected chi connectivity index (χ4v) is 0.999. The Bertz CT molecular complexity index is 319. The third-order valence-electron chi connectivity index (χ3n) is 1.73. The monoisotopic (exact) mass is 191 g/mol. The highest BCUT2D eigenvalue weighted by Crippen LogP contribution is 1.99. The van der Waals surface area contributed by atoms with E-state index in [1.807, 2.05) is 30.3 Å². The standard InChI is InChI=1S/C11H13NO2/c1-9(12)11(13)14-8-7-10-5-3-2-4-6-10/h2-6H,1,7-8,12H2. The molecule has 14 heavy (non-hydrogen) atoms. The zero-order valence-corrected chi connectivity index (χ0v) is 7.90. The lowest BCUT2D eigenvalue weighted by atomic mass is 10.2. The summed E-state index contributed by atoms with van der Waals surface area (Å²) < 4.78 is 4.84. The van der Waals surface area contributed by atoms with Crippen LogP contribution in [-0.4, -0.2) is 12.6 Å². The van der Waals surface area contributed by atoms with E-state index in [4.69, 9.17) is 10.5 Å². The van der Waals surface area contributed by atoms with Gasteiger partial charge in [0.2, 0.25) is 0 Å². The van der Waals surface area contributed by atoms with Gasteiger partial charge in [-0.3, -0.25) is 0 Å². The van der Waals surface area contributed by atoms with Gasteiger partial charge < -0.3 is 10.5 Å². The normalized spacial score (nSPS) is 9.43. The van der Waals surface area contributed by atoms with Gasteiger partial charge in [0.1, 0.15) is 5.70 Å². The van der Waals surface area contributed by atoms with Crippen molar-refractivity contribution in [3.63, 3.8) is 0 Å². The lowest BCUT2D eigenvalue weighted by Crippen LogP contribution is -2.14. The SMILES string of the molecule is C=C(N)C(=O)OCCc1ccccc1. The van der Waals surface area contributed by atoms with Crippen molar-refractivity contribution in [3.8, 4) is 0 Å². The summed E-state index contributed by atoms with van der Waals surface area (Å²) in [6, 6.07) is 9.78. The van der Waals surface area contributed by atoms with Crippen molar-refractivity contribution in [2.24, 2.45) is 5.73 Å². The van der Waals surface area contributed by atoms with Gasteiger partial charge in [0, 0.05) is 6.42 Å². The van der Waals surface area contributed by atoms with Crippen LogP contribution in [0.3, 0.4) is 0 Å². The minimum atomic E-state index is -0.541. The molecule has 74 valence electrons. The quantitative estimate of drug-likeness (QED) is 0.575. The summed E-state index contributed by atoms with van der Waals surface area (Å²) in [7, 11) is 0. The minimum absolute atomic E-state index is 0.0574. The fourth-order valence-electron chi connectivity index (χ4n) is 0.999. The fraction of sp³-hybridized carbons (Fsp3) is 0.182. The van der Waals surface area contributed by atoms with Gasteiger partial charge in [-0.1, -0.05) is 36.9 Å². The first-order chi connectivity index (χ1) is 6.70. The molecule has 1 aromatic carbocycles. The maximum atomic E-state index is 10.9. The number of carbonyl (C=O) groups is 1. The van der Waals surface area contributed by atoms with Crippen molar-refractivity contribution in [3.05, 3.63) is 48.2 Å². The highest BCUT2D eigenvalue weighted by molar-refractivity contribution is 5.86. The van der Waals surface area contributed by atoms with Crippen LogP contribution in [0.2, 0.25) is 0 Å². The van der Waals surface area contributed by atoms with Crippen LogP contribution < -0.4 is 5.73 Å². The third kappa shape index (κ3) is 3.31. The summed E-state index contributed by atoms with van der Waals surface area (Å²) in [5, 5.41) is 0. The number of esters is 1. The smallest absolute Gasteiger partial charge is 0.353 e. The molecule has 1 aromatic rings. The van der Waals surface area contributed by atoms with Gasteiger partial charge in [0.15, 0.2) is 0 Å². The first kappa shape index (κ1) is 10.3. The molecule has 1 rings (SSSR count). The average molecular weight is 191 g/mol. The molecule has 0 spiro atoms. The van der Waals surface area contributed by atoms with Crippen LogP contribution in [0.4, 0.5) is 0 Å². The van der Waals surface area contributed by atoms with Crippen LogP contribution in [0.15, 0.2) is 42.6 Å². The van der Waals surface area contributed by atoms with Crippen LogP contribution in [0.25, 0.3) is 0 Å². The van der Waals surface area contributed by atoms with Crippen LogP contribution in [0.1, 0.15) is 5.56 Å². The molecule has 0 aliphatic rings. The highest BCUT2D eigenvalue weighted by Gasteiger charge is 2.02. The Morgan fingerprint density at radius 1 is 1.36 bits per heavy atom.